The molecule has 0 aliphatic carbocycles. The number of aromatic nitrogens is 1. The summed E-state index contributed by atoms with van der Waals surface area (Å²) in [5, 5.41) is 10.9. The van der Waals surface area contributed by atoms with Gasteiger partial charge in [-0.15, -0.1) is 0 Å². The second-order valence-electron chi connectivity index (χ2n) is 6.40. The number of pyridine rings is 1. The Hall–Kier alpha value is -2.52. The molecule has 0 saturated carbocycles. The van der Waals surface area contributed by atoms with E-state index >= 15 is 0 Å². The number of rotatable bonds is 4. The van der Waals surface area contributed by atoms with E-state index < -0.39 is 0 Å². The Labute approximate surface area is 152 Å². The Morgan fingerprint density at radius 1 is 1.00 bits per heavy atom. The molecule has 4 rings (SSSR count). The Bertz CT molecular complexity index is 889. The first-order chi connectivity index (χ1) is 12.2. The van der Waals surface area contributed by atoms with Crippen LogP contribution in [0.3, 0.4) is 0 Å². The fourth-order valence-corrected chi connectivity index (χ4v) is 3.26. The molecule has 3 nitrogen and oxygen atoms in total. The zero-order valence-electron chi connectivity index (χ0n) is 13.8. The monoisotopic (exact) mass is 350 g/mol. The molecule has 0 unspecified atom stereocenters. The second-order valence-corrected chi connectivity index (χ2v) is 6.84. The predicted octanol–water partition coefficient (Wildman–Crippen LogP) is 4.91. The molecule has 1 N–H and O–H groups in total. The summed E-state index contributed by atoms with van der Waals surface area (Å²) in [7, 11) is 0. The lowest BCUT2D eigenvalue weighted by molar-refractivity contribution is 0.477. The number of phenols is 1. The molecule has 2 aromatic carbocycles. The van der Waals surface area contributed by atoms with E-state index in [4.69, 9.17) is 11.6 Å². The summed E-state index contributed by atoms with van der Waals surface area (Å²) in [6, 6.07) is 17.5. The summed E-state index contributed by atoms with van der Waals surface area (Å²) < 4.78 is 0. The van der Waals surface area contributed by atoms with Gasteiger partial charge < -0.3 is 10.0 Å². The number of aromatic hydroxyl groups is 1. The van der Waals surface area contributed by atoms with Gasteiger partial charge in [0.15, 0.2) is 0 Å². The van der Waals surface area contributed by atoms with Crippen LogP contribution in [0.4, 0.5) is 5.82 Å². The quantitative estimate of drug-likeness (QED) is 0.726. The molecule has 1 aromatic heterocycles. The molecule has 2 heterocycles. The van der Waals surface area contributed by atoms with E-state index in [0.717, 1.165) is 47.6 Å². The lowest BCUT2D eigenvalue weighted by atomic mass is 9.99. The van der Waals surface area contributed by atoms with Crippen LogP contribution in [0.15, 0.2) is 60.8 Å². The smallest absolute Gasteiger partial charge is 0.128 e. The van der Waals surface area contributed by atoms with Crippen LogP contribution in [0.2, 0.25) is 5.02 Å². The average Bonchev–Trinajstić information content (AvgIpc) is 2.57. The van der Waals surface area contributed by atoms with Crippen LogP contribution in [0.1, 0.15) is 17.5 Å². The van der Waals surface area contributed by atoms with Crippen molar-refractivity contribution in [3.05, 3.63) is 76.9 Å². The highest BCUT2D eigenvalue weighted by Gasteiger charge is 2.15. The topological polar surface area (TPSA) is 36.4 Å². The second kappa shape index (κ2) is 6.77. The Morgan fingerprint density at radius 3 is 2.52 bits per heavy atom. The Morgan fingerprint density at radius 2 is 1.84 bits per heavy atom. The van der Waals surface area contributed by atoms with Crippen molar-refractivity contribution >= 4 is 17.4 Å². The van der Waals surface area contributed by atoms with Gasteiger partial charge in [0, 0.05) is 29.9 Å². The van der Waals surface area contributed by atoms with E-state index in [1.165, 1.54) is 6.42 Å². The number of hydrogen-bond acceptors (Lipinski definition) is 3. The summed E-state index contributed by atoms with van der Waals surface area (Å²) in [6.07, 6.45) is 3.98. The zero-order valence-corrected chi connectivity index (χ0v) is 14.6. The molecule has 1 fully saturated rings. The summed E-state index contributed by atoms with van der Waals surface area (Å²) >= 11 is 6.08. The third-order valence-electron chi connectivity index (χ3n) is 4.59. The van der Waals surface area contributed by atoms with Gasteiger partial charge in [-0.1, -0.05) is 35.9 Å². The minimum absolute atomic E-state index is 0.261. The number of phenolic OH excluding ortho intramolecular Hbond substituents is 1. The maximum Gasteiger partial charge on any atom is 0.128 e. The van der Waals surface area contributed by atoms with Crippen LogP contribution in [-0.4, -0.2) is 23.2 Å². The van der Waals surface area contributed by atoms with E-state index in [0.29, 0.717) is 5.02 Å². The van der Waals surface area contributed by atoms with Crippen molar-refractivity contribution in [2.24, 2.45) is 0 Å². The molecule has 0 bridgehead atoms. The normalized spacial score (nSPS) is 13.6. The number of halogens is 1. The fourth-order valence-electron chi connectivity index (χ4n) is 3.07. The predicted molar refractivity (Wildman–Crippen MR) is 102 cm³/mol. The number of anilines is 1. The zero-order chi connectivity index (χ0) is 17.2. The molecule has 126 valence electrons. The van der Waals surface area contributed by atoms with Crippen LogP contribution in [0.5, 0.6) is 5.75 Å². The van der Waals surface area contributed by atoms with E-state index in [2.05, 4.69) is 22.0 Å². The highest BCUT2D eigenvalue weighted by atomic mass is 35.5. The summed E-state index contributed by atoms with van der Waals surface area (Å²) in [4.78, 5) is 6.85. The standard InChI is InChI=1S/C21H19ClN2O/c22-18-4-1-3-17(13-18)19-12-15(5-7-20(19)25)11-16-6-8-21(23-14-16)24-9-2-10-24/h1,3-8,12-14,25H,2,9-11H2. The Kier molecular flexibility index (Phi) is 4.33. The van der Waals surface area contributed by atoms with Crippen molar-refractivity contribution < 1.29 is 5.11 Å². The van der Waals surface area contributed by atoms with E-state index in [1.807, 2.05) is 42.6 Å². The lowest BCUT2D eigenvalue weighted by Crippen LogP contribution is -2.37. The summed E-state index contributed by atoms with van der Waals surface area (Å²) in [5.74, 6) is 1.32. The van der Waals surface area contributed by atoms with Crippen molar-refractivity contribution in [3.8, 4) is 16.9 Å². The van der Waals surface area contributed by atoms with Crippen LogP contribution < -0.4 is 4.90 Å². The van der Waals surface area contributed by atoms with Crippen molar-refractivity contribution in [1.82, 2.24) is 4.98 Å². The number of hydrogen-bond donors (Lipinski definition) is 1. The van der Waals surface area contributed by atoms with Gasteiger partial charge >= 0.3 is 0 Å². The maximum absolute atomic E-state index is 10.2. The summed E-state index contributed by atoms with van der Waals surface area (Å²) in [6.45, 7) is 2.21. The third-order valence-corrected chi connectivity index (χ3v) is 4.83. The first-order valence-electron chi connectivity index (χ1n) is 8.47. The SMILES string of the molecule is Oc1ccc(Cc2ccc(N3CCC3)nc2)cc1-c1cccc(Cl)c1. The van der Waals surface area contributed by atoms with Crippen LogP contribution in [0.25, 0.3) is 11.1 Å². The van der Waals surface area contributed by atoms with E-state index in [1.54, 1.807) is 6.07 Å². The van der Waals surface area contributed by atoms with E-state index in [9.17, 15) is 5.11 Å². The largest absolute Gasteiger partial charge is 0.507 e. The lowest BCUT2D eigenvalue weighted by Gasteiger charge is -2.31. The highest BCUT2D eigenvalue weighted by molar-refractivity contribution is 6.30. The van der Waals surface area contributed by atoms with Crippen molar-refractivity contribution in [3.63, 3.8) is 0 Å². The van der Waals surface area contributed by atoms with E-state index in [-0.39, 0.29) is 5.75 Å². The first-order valence-corrected chi connectivity index (χ1v) is 8.84. The van der Waals surface area contributed by atoms with Crippen molar-refractivity contribution in [1.29, 1.82) is 0 Å². The molecular formula is C21H19ClN2O. The molecule has 0 atom stereocenters. The minimum Gasteiger partial charge on any atom is -0.507 e. The third kappa shape index (κ3) is 3.47. The molecule has 1 aliphatic rings. The minimum atomic E-state index is 0.261. The van der Waals surface area contributed by atoms with Crippen LogP contribution in [-0.2, 0) is 6.42 Å². The molecule has 0 spiro atoms. The van der Waals surface area contributed by atoms with Crippen LogP contribution >= 0.6 is 11.6 Å². The number of benzene rings is 2. The molecular weight excluding hydrogens is 332 g/mol. The van der Waals surface area contributed by atoms with Gasteiger partial charge in [0.25, 0.3) is 0 Å². The molecule has 25 heavy (non-hydrogen) atoms. The Balaban J connectivity index is 1.57. The maximum atomic E-state index is 10.2. The fraction of sp³-hybridized carbons (Fsp3) is 0.190. The van der Waals surface area contributed by atoms with Gasteiger partial charge in [0.2, 0.25) is 0 Å². The molecule has 3 aromatic rings. The van der Waals surface area contributed by atoms with Crippen LogP contribution in [0, 0.1) is 0 Å². The van der Waals surface area contributed by atoms with Gasteiger partial charge in [0.1, 0.15) is 11.6 Å². The van der Waals surface area contributed by atoms with Gasteiger partial charge in [-0.25, -0.2) is 4.98 Å². The van der Waals surface area contributed by atoms with Gasteiger partial charge in [-0.3, -0.25) is 0 Å². The highest BCUT2D eigenvalue weighted by Crippen LogP contribution is 2.32. The summed E-state index contributed by atoms with van der Waals surface area (Å²) in [5.41, 5.74) is 4.00. The van der Waals surface area contributed by atoms with Crippen molar-refractivity contribution in [2.75, 3.05) is 18.0 Å². The number of nitrogens with zero attached hydrogens (tertiary/aromatic N) is 2. The van der Waals surface area contributed by atoms with Gasteiger partial charge in [-0.2, -0.15) is 0 Å². The molecule has 0 radical (unpaired) electrons. The molecule has 4 heteroatoms. The van der Waals surface area contributed by atoms with Gasteiger partial charge in [-0.05, 0) is 59.9 Å². The molecule has 1 aliphatic heterocycles. The first kappa shape index (κ1) is 16.0. The van der Waals surface area contributed by atoms with Crippen molar-refractivity contribution in [2.45, 2.75) is 12.8 Å². The molecule has 1 saturated heterocycles. The molecule has 0 amide bonds. The van der Waals surface area contributed by atoms with Gasteiger partial charge in [0.05, 0.1) is 0 Å². The average molecular weight is 351 g/mol.